The third kappa shape index (κ3) is 6.55. The van der Waals surface area contributed by atoms with E-state index in [2.05, 4.69) is 10.6 Å². The maximum absolute atomic E-state index is 12.6. The summed E-state index contributed by atoms with van der Waals surface area (Å²) in [7, 11) is 1.56. The normalized spacial score (nSPS) is 12.5. The molecule has 0 radical (unpaired) electrons. The van der Waals surface area contributed by atoms with Gasteiger partial charge in [0.2, 0.25) is 5.91 Å². The number of benzene rings is 2. The van der Waals surface area contributed by atoms with E-state index in [1.165, 1.54) is 0 Å². The summed E-state index contributed by atoms with van der Waals surface area (Å²) < 4.78 is 5.09. The number of carbonyl (C=O) groups excluding carboxylic acids is 2. The summed E-state index contributed by atoms with van der Waals surface area (Å²) in [6.07, 6.45) is 0. The molecule has 6 nitrogen and oxygen atoms in total. The molecule has 0 aliphatic carbocycles. The van der Waals surface area contributed by atoms with Gasteiger partial charge in [-0.1, -0.05) is 44.2 Å². The second-order valence-corrected chi connectivity index (χ2v) is 6.69. The van der Waals surface area contributed by atoms with Gasteiger partial charge < -0.3 is 21.1 Å². The smallest absolute Gasteiger partial charge is 0.251 e. The van der Waals surface area contributed by atoms with Crippen LogP contribution in [0.3, 0.4) is 0 Å². The largest absolute Gasteiger partial charge is 0.497 e. The first-order valence-electron chi connectivity index (χ1n) is 8.95. The molecule has 0 aliphatic heterocycles. The third-order valence-electron chi connectivity index (χ3n) is 4.31. The van der Waals surface area contributed by atoms with E-state index < -0.39 is 6.04 Å². The molecule has 7 heteroatoms. The maximum Gasteiger partial charge on any atom is 0.251 e. The highest BCUT2D eigenvalue weighted by Gasteiger charge is 2.25. The number of methoxy groups -OCH3 is 1. The quantitative estimate of drug-likeness (QED) is 0.629. The van der Waals surface area contributed by atoms with E-state index in [0.29, 0.717) is 17.9 Å². The SMILES string of the molecule is COc1ccc(C(=O)NC(C(=O)NCC(N)c2ccccc2)C(C)C)cc1.Cl. The second kappa shape index (κ2) is 11.3. The number of rotatable bonds is 8. The van der Waals surface area contributed by atoms with Crippen LogP contribution in [-0.4, -0.2) is 31.5 Å². The van der Waals surface area contributed by atoms with Crippen molar-refractivity contribution in [1.29, 1.82) is 0 Å². The van der Waals surface area contributed by atoms with Gasteiger partial charge in [-0.05, 0) is 35.7 Å². The molecule has 2 aromatic rings. The lowest BCUT2D eigenvalue weighted by Gasteiger charge is -2.23. The summed E-state index contributed by atoms with van der Waals surface area (Å²) in [5, 5.41) is 5.64. The average Bonchev–Trinajstić information content (AvgIpc) is 2.70. The van der Waals surface area contributed by atoms with Crippen LogP contribution in [-0.2, 0) is 4.79 Å². The van der Waals surface area contributed by atoms with Gasteiger partial charge in [0.15, 0.2) is 0 Å². The van der Waals surface area contributed by atoms with E-state index in [9.17, 15) is 9.59 Å². The number of amides is 2. The molecule has 2 unspecified atom stereocenters. The Morgan fingerprint density at radius 2 is 1.64 bits per heavy atom. The van der Waals surface area contributed by atoms with Crippen molar-refractivity contribution in [2.45, 2.75) is 25.9 Å². The van der Waals surface area contributed by atoms with Crippen molar-refractivity contribution in [3.05, 3.63) is 65.7 Å². The molecule has 0 heterocycles. The standard InChI is InChI=1S/C21H27N3O3.ClH/c1-14(2)19(24-20(25)16-9-11-17(27-3)12-10-16)21(26)23-13-18(22)15-7-5-4-6-8-15;/h4-12,14,18-19H,13,22H2,1-3H3,(H,23,26)(H,24,25);1H. The fourth-order valence-electron chi connectivity index (χ4n) is 2.64. The van der Waals surface area contributed by atoms with Crippen LogP contribution in [0.25, 0.3) is 0 Å². The zero-order valence-electron chi connectivity index (χ0n) is 16.3. The molecule has 0 aliphatic rings. The third-order valence-corrected chi connectivity index (χ3v) is 4.31. The lowest BCUT2D eigenvalue weighted by atomic mass is 10.0. The van der Waals surface area contributed by atoms with Crippen LogP contribution < -0.4 is 21.1 Å². The van der Waals surface area contributed by atoms with Crippen LogP contribution in [0.15, 0.2) is 54.6 Å². The number of hydrogen-bond acceptors (Lipinski definition) is 4. The molecular weight excluding hydrogens is 378 g/mol. The van der Waals surface area contributed by atoms with Crippen molar-refractivity contribution in [1.82, 2.24) is 10.6 Å². The van der Waals surface area contributed by atoms with Crippen LogP contribution in [0.4, 0.5) is 0 Å². The molecule has 2 aromatic carbocycles. The summed E-state index contributed by atoms with van der Waals surface area (Å²) in [5.74, 6) is 0.0388. The Morgan fingerprint density at radius 3 is 2.18 bits per heavy atom. The van der Waals surface area contributed by atoms with Gasteiger partial charge in [-0.3, -0.25) is 9.59 Å². The number of ether oxygens (including phenoxy) is 1. The Morgan fingerprint density at radius 1 is 1.04 bits per heavy atom. The Labute approximate surface area is 172 Å². The monoisotopic (exact) mass is 405 g/mol. The number of nitrogens with one attached hydrogen (secondary N) is 2. The van der Waals surface area contributed by atoms with Crippen molar-refractivity contribution >= 4 is 24.2 Å². The van der Waals surface area contributed by atoms with Crippen molar-refractivity contribution in [2.24, 2.45) is 11.7 Å². The van der Waals surface area contributed by atoms with Crippen LogP contribution >= 0.6 is 12.4 Å². The molecule has 0 spiro atoms. The first-order valence-corrected chi connectivity index (χ1v) is 8.95. The summed E-state index contributed by atoms with van der Waals surface area (Å²) in [6.45, 7) is 4.07. The molecule has 2 rings (SSSR count). The van der Waals surface area contributed by atoms with Gasteiger partial charge in [-0.15, -0.1) is 12.4 Å². The lowest BCUT2D eigenvalue weighted by molar-refractivity contribution is -0.124. The van der Waals surface area contributed by atoms with Crippen molar-refractivity contribution in [2.75, 3.05) is 13.7 Å². The second-order valence-electron chi connectivity index (χ2n) is 6.69. The van der Waals surface area contributed by atoms with Crippen molar-refractivity contribution < 1.29 is 14.3 Å². The molecular formula is C21H28ClN3O3. The summed E-state index contributed by atoms with van der Waals surface area (Å²) >= 11 is 0. The minimum atomic E-state index is -0.650. The minimum Gasteiger partial charge on any atom is -0.497 e. The first kappa shape index (κ1) is 23.5. The van der Waals surface area contributed by atoms with E-state index >= 15 is 0 Å². The van der Waals surface area contributed by atoms with Gasteiger partial charge in [0, 0.05) is 18.2 Å². The highest BCUT2D eigenvalue weighted by molar-refractivity contribution is 5.97. The highest BCUT2D eigenvalue weighted by Crippen LogP contribution is 2.13. The fraction of sp³-hybridized carbons (Fsp3) is 0.333. The molecule has 0 fully saturated rings. The number of carbonyl (C=O) groups is 2. The van der Waals surface area contributed by atoms with Crippen molar-refractivity contribution in [3.8, 4) is 5.75 Å². The van der Waals surface area contributed by atoms with Gasteiger partial charge >= 0.3 is 0 Å². The molecule has 28 heavy (non-hydrogen) atoms. The number of hydrogen-bond donors (Lipinski definition) is 3. The summed E-state index contributed by atoms with van der Waals surface area (Å²) in [4.78, 5) is 25.1. The minimum absolute atomic E-state index is 0. The van der Waals surface area contributed by atoms with E-state index in [1.807, 2.05) is 44.2 Å². The molecule has 2 atom stereocenters. The Balaban J connectivity index is 0.00000392. The molecule has 4 N–H and O–H groups in total. The van der Waals surface area contributed by atoms with Gasteiger partial charge in [-0.2, -0.15) is 0 Å². The summed E-state index contributed by atoms with van der Waals surface area (Å²) in [5.41, 5.74) is 7.54. The van der Waals surface area contributed by atoms with E-state index in [1.54, 1.807) is 31.4 Å². The van der Waals surface area contributed by atoms with Crippen LogP contribution in [0.1, 0.15) is 35.8 Å². The Kier molecular flexibility index (Phi) is 9.48. The predicted octanol–water partition coefficient (Wildman–Crippen LogP) is 2.69. The molecule has 0 saturated carbocycles. The van der Waals surface area contributed by atoms with Crippen LogP contribution in [0.2, 0.25) is 0 Å². The van der Waals surface area contributed by atoms with Crippen LogP contribution in [0, 0.1) is 5.92 Å². The summed E-state index contributed by atoms with van der Waals surface area (Å²) in [6, 6.07) is 15.3. The van der Waals surface area contributed by atoms with Crippen LogP contribution in [0.5, 0.6) is 5.75 Å². The zero-order chi connectivity index (χ0) is 19.8. The number of nitrogens with two attached hydrogens (primary N) is 1. The highest BCUT2D eigenvalue weighted by atomic mass is 35.5. The number of halogens is 1. The van der Waals surface area contributed by atoms with E-state index in [-0.39, 0.29) is 36.2 Å². The molecule has 0 saturated heterocycles. The Hall–Kier alpha value is -2.57. The maximum atomic E-state index is 12.6. The van der Waals surface area contributed by atoms with Gasteiger partial charge in [-0.25, -0.2) is 0 Å². The van der Waals surface area contributed by atoms with Gasteiger partial charge in [0.25, 0.3) is 5.91 Å². The molecule has 152 valence electrons. The van der Waals surface area contributed by atoms with E-state index in [4.69, 9.17) is 10.5 Å². The molecule has 0 aromatic heterocycles. The molecule has 2 amide bonds. The van der Waals surface area contributed by atoms with Crippen molar-refractivity contribution in [3.63, 3.8) is 0 Å². The zero-order valence-corrected chi connectivity index (χ0v) is 17.2. The van der Waals surface area contributed by atoms with Gasteiger partial charge in [0.1, 0.15) is 11.8 Å². The predicted molar refractivity (Wildman–Crippen MR) is 113 cm³/mol. The fourth-order valence-corrected chi connectivity index (χ4v) is 2.64. The first-order chi connectivity index (χ1) is 12.9. The Bertz CT molecular complexity index is 751. The van der Waals surface area contributed by atoms with Gasteiger partial charge in [0.05, 0.1) is 7.11 Å². The molecule has 0 bridgehead atoms. The topological polar surface area (TPSA) is 93.4 Å². The lowest BCUT2D eigenvalue weighted by Crippen LogP contribution is -2.50. The van der Waals surface area contributed by atoms with E-state index in [0.717, 1.165) is 5.56 Å². The average molecular weight is 406 g/mol.